The van der Waals surface area contributed by atoms with Crippen LogP contribution in [0.1, 0.15) is 36.1 Å². The summed E-state index contributed by atoms with van der Waals surface area (Å²) in [5.74, 6) is -0.0224. The highest BCUT2D eigenvalue weighted by molar-refractivity contribution is 7.85. The third kappa shape index (κ3) is 5.41. The van der Waals surface area contributed by atoms with Crippen molar-refractivity contribution in [1.82, 2.24) is 4.90 Å². The monoisotopic (exact) mass is 483 g/mol. The normalized spacial score (nSPS) is 23.1. The molecule has 1 saturated carbocycles. The van der Waals surface area contributed by atoms with Gasteiger partial charge >= 0.3 is 0 Å². The lowest BCUT2D eigenvalue weighted by molar-refractivity contribution is -0.165. The van der Waals surface area contributed by atoms with Gasteiger partial charge in [-0.1, -0.05) is 47.5 Å². The van der Waals surface area contributed by atoms with E-state index in [1.54, 1.807) is 23.1 Å². The molecule has 2 aliphatic rings. The van der Waals surface area contributed by atoms with Gasteiger partial charge < -0.3 is 9.64 Å². The summed E-state index contributed by atoms with van der Waals surface area (Å²) < 4.78 is 34.5. The molecule has 0 radical (unpaired) electrons. The fourth-order valence-electron chi connectivity index (χ4n) is 4.09. The van der Waals surface area contributed by atoms with E-state index in [2.05, 4.69) is 0 Å². The van der Waals surface area contributed by atoms with Crippen LogP contribution >= 0.6 is 23.2 Å². The van der Waals surface area contributed by atoms with Crippen molar-refractivity contribution >= 4 is 39.2 Å². The molecule has 2 aromatic carbocycles. The van der Waals surface area contributed by atoms with Gasteiger partial charge in [-0.2, -0.15) is 8.42 Å². The minimum Gasteiger partial charge on any atom is -0.361 e. The molecule has 1 heterocycles. The number of ether oxygens (including phenoxy) is 1. The van der Waals surface area contributed by atoms with E-state index in [1.165, 1.54) is 0 Å². The van der Waals surface area contributed by atoms with E-state index in [0.717, 1.165) is 30.2 Å². The molecule has 1 amide bonds. The van der Waals surface area contributed by atoms with E-state index < -0.39 is 22.3 Å². The van der Waals surface area contributed by atoms with E-state index in [1.807, 2.05) is 30.3 Å². The molecule has 166 valence electrons. The highest BCUT2D eigenvalue weighted by Gasteiger charge is 2.47. The summed E-state index contributed by atoms with van der Waals surface area (Å²) in [5, 5.41) is 1.15. The van der Waals surface area contributed by atoms with E-state index in [0.29, 0.717) is 10.0 Å². The van der Waals surface area contributed by atoms with Crippen LogP contribution in [0, 0.1) is 5.92 Å². The van der Waals surface area contributed by atoms with Crippen LogP contribution in [-0.4, -0.2) is 44.7 Å². The van der Waals surface area contributed by atoms with Crippen molar-refractivity contribution in [1.29, 1.82) is 0 Å². The third-order valence-corrected chi connectivity index (χ3v) is 6.68. The standard InChI is InChI=1S/C22H23Cl2NO5S/c1-31(27,28)30-12-19(14-5-6-14)25-20(26)13-29-22(16-3-2-4-18(24)11-16)21(25)15-7-9-17(23)10-8-15/h2-4,7-11,14,19,21-22H,5-6,12-13H2,1H3/t19-,21-,22-/m1/s1. The predicted molar refractivity (Wildman–Crippen MR) is 118 cm³/mol. The molecule has 0 bridgehead atoms. The van der Waals surface area contributed by atoms with Crippen LogP contribution in [0.25, 0.3) is 0 Å². The lowest BCUT2D eigenvalue weighted by Crippen LogP contribution is -2.53. The lowest BCUT2D eigenvalue weighted by Gasteiger charge is -2.45. The Kier molecular flexibility index (Phi) is 6.60. The van der Waals surface area contributed by atoms with Crippen LogP contribution in [0.15, 0.2) is 48.5 Å². The topological polar surface area (TPSA) is 72.9 Å². The molecular weight excluding hydrogens is 461 g/mol. The van der Waals surface area contributed by atoms with Crippen molar-refractivity contribution < 1.29 is 22.1 Å². The zero-order valence-electron chi connectivity index (χ0n) is 16.9. The first-order valence-electron chi connectivity index (χ1n) is 10.0. The molecule has 1 aliphatic heterocycles. The molecule has 31 heavy (non-hydrogen) atoms. The Labute approximate surface area is 192 Å². The van der Waals surface area contributed by atoms with Gasteiger partial charge in [0.2, 0.25) is 5.91 Å². The van der Waals surface area contributed by atoms with Gasteiger partial charge in [-0.15, -0.1) is 0 Å². The second-order valence-electron chi connectivity index (χ2n) is 7.98. The first-order chi connectivity index (χ1) is 14.7. The molecule has 6 nitrogen and oxygen atoms in total. The number of hydrogen-bond donors (Lipinski definition) is 0. The number of hydrogen-bond acceptors (Lipinski definition) is 5. The van der Waals surface area contributed by atoms with E-state index in [9.17, 15) is 13.2 Å². The van der Waals surface area contributed by atoms with Crippen LogP contribution in [0.2, 0.25) is 10.0 Å². The summed E-state index contributed by atoms with van der Waals surface area (Å²) in [4.78, 5) is 14.9. The Morgan fingerprint density at radius 1 is 1.10 bits per heavy atom. The fourth-order valence-corrected chi connectivity index (χ4v) is 4.81. The van der Waals surface area contributed by atoms with Crippen LogP contribution < -0.4 is 0 Å². The van der Waals surface area contributed by atoms with Crippen LogP contribution in [0.4, 0.5) is 0 Å². The first kappa shape index (κ1) is 22.6. The number of morpholine rings is 1. The Bertz CT molecular complexity index is 1060. The van der Waals surface area contributed by atoms with Gasteiger partial charge in [0.25, 0.3) is 10.1 Å². The minimum absolute atomic E-state index is 0.0818. The molecule has 2 aromatic rings. The maximum absolute atomic E-state index is 13.1. The fraction of sp³-hybridized carbons (Fsp3) is 0.409. The Morgan fingerprint density at radius 2 is 1.81 bits per heavy atom. The number of benzene rings is 2. The van der Waals surface area contributed by atoms with Gasteiger partial charge in [0, 0.05) is 10.0 Å². The Hall–Kier alpha value is -1.64. The van der Waals surface area contributed by atoms with Crippen molar-refractivity contribution in [2.45, 2.75) is 31.0 Å². The molecule has 1 saturated heterocycles. The summed E-state index contributed by atoms with van der Waals surface area (Å²) in [6.07, 6.45) is 2.37. The number of nitrogens with zero attached hydrogens (tertiary/aromatic N) is 1. The van der Waals surface area contributed by atoms with E-state index in [-0.39, 0.29) is 31.1 Å². The van der Waals surface area contributed by atoms with Crippen LogP contribution in [0.3, 0.4) is 0 Å². The quantitative estimate of drug-likeness (QED) is 0.546. The smallest absolute Gasteiger partial charge is 0.264 e. The van der Waals surface area contributed by atoms with Gasteiger partial charge in [-0.3, -0.25) is 8.98 Å². The molecule has 3 atom stereocenters. The number of carbonyl (C=O) groups is 1. The zero-order valence-corrected chi connectivity index (χ0v) is 19.2. The molecule has 2 fully saturated rings. The third-order valence-electron chi connectivity index (χ3n) is 5.63. The first-order valence-corrected chi connectivity index (χ1v) is 12.6. The highest BCUT2D eigenvalue weighted by atomic mass is 35.5. The van der Waals surface area contributed by atoms with Crippen molar-refractivity contribution in [3.63, 3.8) is 0 Å². The maximum Gasteiger partial charge on any atom is 0.264 e. The zero-order chi connectivity index (χ0) is 22.2. The van der Waals surface area contributed by atoms with Gasteiger partial charge in [0.1, 0.15) is 12.7 Å². The number of rotatable bonds is 7. The lowest BCUT2D eigenvalue weighted by atomic mass is 9.91. The molecule has 0 spiro atoms. The highest BCUT2D eigenvalue weighted by Crippen LogP contribution is 2.46. The largest absolute Gasteiger partial charge is 0.361 e. The summed E-state index contributed by atoms with van der Waals surface area (Å²) >= 11 is 12.3. The van der Waals surface area contributed by atoms with Gasteiger partial charge in [-0.25, -0.2) is 0 Å². The average molecular weight is 484 g/mol. The molecule has 0 aromatic heterocycles. The molecule has 9 heteroatoms. The van der Waals surface area contributed by atoms with Crippen LogP contribution in [-0.2, 0) is 23.8 Å². The van der Waals surface area contributed by atoms with Crippen molar-refractivity contribution in [2.24, 2.45) is 5.92 Å². The van der Waals surface area contributed by atoms with E-state index >= 15 is 0 Å². The Balaban J connectivity index is 1.77. The maximum atomic E-state index is 13.1. The van der Waals surface area contributed by atoms with Crippen LogP contribution in [0.5, 0.6) is 0 Å². The van der Waals surface area contributed by atoms with Gasteiger partial charge in [0.05, 0.1) is 24.9 Å². The summed E-state index contributed by atoms with van der Waals surface area (Å²) in [6.45, 7) is -0.190. The van der Waals surface area contributed by atoms with Gasteiger partial charge in [-0.05, 0) is 54.2 Å². The van der Waals surface area contributed by atoms with E-state index in [4.69, 9.17) is 32.1 Å². The Morgan fingerprint density at radius 3 is 2.42 bits per heavy atom. The number of halogens is 2. The summed E-state index contributed by atoms with van der Waals surface area (Å²) in [6, 6.07) is 13.7. The number of amides is 1. The average Bonchev–Trinajstić information content (AvgIpc) is 3.54. The molecule has 4 rings (SSSR count). The van der Waals surface area contributed by atoms with Crippen molar-refractivity contribution in [2.75, 3.05) is 19.5 Å². The second kappa shape index (κ2) is 9.08. The second-order valence-corrected chi connectivity index (χ2v) is 10.5. The van der Waals surface area contributed by atoms with Crippen molar-refractivity contribution in [3.8, 4) is 0 Å². The molecular formula is C22H23Cl2NO5S. The van der Waals surface area contributed by atoms with Crippen molar-refractivity contribution in [3.05, 3.63) is 69.7 Å². The molecule has 0 unspecified atom stereocenters. The minimum atomic E-state index is -3.64. The van der Waals surface area contributed by atoms with Gasteiger partial charge in [0.15, 0.2) is 0 Å². The molecule has 1 aliphatic carbocycles. The summed E-state index contributed by atoms with van der Waals surface area (Å²) in [7, 11) is -3.64. The predicted octanol–water partition coefficient (Wildman–Crippen LogP) is 4.39. The summed E-state index contributed by atoms with van der Waals surface area (Å²) in [5.41, 5.74) is 1.68. The molecule has 0 N–H and O–H groups in total. The number of carbonyl (C=O) groups excluding carboxylic acids is 1. The SMILES string of the molecule is CS(=O)(=O)OC[C@H](C1CC1)N1C(=O)CO[C@H](c2cccc(Cl)c2)[C@H]1c1ccc(Cl)cc1.